The number of nitrogens with zero attached hydrogens (tertiary/aromatic N) is 4. The van der Waals surface area contributed by atoms with Gasteiger partial charge >= 0.3 is 0 Å². The Hall–Kier alpha value is -1.89. The van der Waals surface area contributed by atoms with E-state index in [1.807, 2.05) is 6.07 Å². The Morgan fingerprint density at radius 2 is 1.76 bits per heavy atom. The predicted octanol–water partition coefficient (Wildman–Crippen LogP) is 5.40. The van der Waals surface area contributed by atoms with E-state index in [9.17, 15) is 4.39 Å². The molecule has 1 saturated heterocycles. The van der Waals surface area contributed by atoms with Crippen molar-refractivity contribution in [2.75, 3.05) is 13.1 Å². The van der Waals surface area contributed by atoms with Crippen molar-refractivity contribution in [2.45, 2.75) is 43.3 Å². The second-order valence-electron chi connectivity index (χ2n) is 7.33. The van der Waals surface area contributed by atoms with Crippen LogP contribution in [0.3, 0.4) is 0 Å². The van der Waals surface area contributed by atoms with Crippen LogP contribution < -0.4 is 0 Å². The van der Waals surface area contributed by atoms with Crippen LogP contribution in [0.2, 0.25) is 5.02 Å². The van der Waals surface area contributed by atoms with E-state index < -0.39 is 0 Å². The molecule has 3 aromatic rings. The van der Waals surface area contributed by atoms with Crippen LogP contribution >= 0.6 is 23.4 Å². The minimum Gasteiger partial charge on any atom is -0.300 e. The van der Waals surface area contributed by atoms with Gasteiger partial charge in [-0.25, -0.2) is 4.39 Å². The lowest BCUT2D eigenvalue weighted by Crippen LogP contribution is -2.30. The molecule has 0 unspecified atom stereocenters. The Labute approximate surface area is 180 Å². The van der Waals surface area contributed by atoms with Crippen LogP contribution in [-0.4, -0.2) is 32.8 Å². The van der Waals surface area contributed by atoms with Crippen molar-refractivity contribution in [3.8, 4) is 0 Å². The molecule has 4 nitrogen and oxygen atoms in total. The first-order valence-corrected chi connectivity index (χ1v) is 11.3. The van der Waals surface area contributed by atoms with Crippen molar-refractivity contribution in [1.29, 1.82) is 0 Å². The molecule has 0 N–H and O–H groups in total. The SMILES string of the molecule is Fc1ccc(CSc2nnc(CN3CCCCC3)n2Cc2ccccc2)c(Cl)c1. The molecule has 1 aliphatic rings. The van der Waals surface area contributed by atoms with Gasteiger partial charge in [-0.1, -0.05) is 66.2 Å². The molecule has 0 amide bonds. The van der Waals surface area contributed by atoms with E-state index in [2.05, 4.69) is 43.9 Å². The number of rotatable bonds is 7. The number of halogens is 2. The normalized spacial score (nSPS) is 15.0. The van der Waals surface area contributed by atoms with Gasteiger partial charge in [0.1, 0.15) is 11.6 Å². The van der Waals surface area contributed by atoms with Crippen molar-refractivity contribution in [3.05, 3.63) is 76.3 Å². The summed E-state index contributed by atoms with van der Waals surface area (Å²) in [5.74, 6) is 1.29. The molecule has 2 heterocycles. The topological polar surface area (TPSA) is 34.0 Å². The first-order valence-electron chi connectivity index (χ1n) is 9.94. The van der Waals surface area contributed by atoms with Gasteiger partial charge in [-0.05, 0) is 49.2 Å². The van der Waals surface area contributed by atoms with E-state index in [-0.39, 0.29) is 5.82 Å². The Bertz CT molecular complexity index is 941. The number of hydrogen-bond donors (Lipinski definition) is 0. The van der Waals surface area contributed by atoms with Crippen LogP contribution in [0.4, 0.5) is 4.39 Å². The molecule has 0 saturated carbocycles. The molecule has 0 bridgehead atoms. The van der Waals surface area contributed by atoms with E-state index in [1.54, 1.807) is 17.8 Å². The molecule has 0 atom stereocenters. The van der Waals surface area contributed by atoms with Crippen molar-refractivity contribution >= 4 is 23.4 Å². The number of hydrogen-bond acceptors (Lipinski definition) is 4. The van der Waals surface area contributed by atoms with Gasteiger partial charge in [0.15, 0.2) is 5.16 Å². The first-order chi connectivity index (χ1) is 14.2. The van der Waals surface area contributed by atoms with Crippen LogP contribution in [0.25, 0.3) is 0 Å². The maximum Gasteiger partial charge on any atom is 0.191 e. The van der Waals surface area contributed by atoms with Crippen LogP contribution in [0.15, 0.2) is 53.7 Å². The summed E-state index contributed by atoms with van der Waals surface area (Å²) in [5, 5.41) is 10.3. The van der Waals surface area contributed by atoms with Crippen LogP contribution in [-0.2, 0) is 18.8 Å². The summed E-state index contributed by atoms with van der Waals surface area (Å²) in [6.45, 7) is 3.78. The molecule has 4 rings (SSSR count). The highest BCUT2D eigenvalue weighted by atomic mass is 35.5. The zero-order valence-corrected chi connectivity index (χ0v) is 17.8. The summed E-state index contributed by atoms with van der Waals surface area (Å²) in [5.41, 5.74) is 2.11. The molecule has 0 aliphatic carbocycles. The summed E-state index contributed by atoms with van der Waals surface area (Å²) in [4.78, 5) is 2.46. The average molecular weight is 431 g/mol. The first kappa shape index (κ1) is 20.4. The Morgan fingerprint density at radius 1 is 0.966 bits per heavy atom. The van der Waals surface area contributed by atoms with Gasteiger partial charge in [-0.3, -0.25) is 4.90 Å². The molecule has 0 spiro atoms. The number of likely N-dealkylation sites (tertiary alicyclic amines) is 1. The molecular formula is C22H24ClFN4S. The summed E-state index contributed by atoms with van der Waals surface area (Å²) in [6, 6.07) is 14.9. The third-order valence-corrected chi connectivity index (χ3v) is 6.53. The summed E-state index contributed by atoms with van der Waals surface area (Å²) >= 11 is 7.78. The van der Waals surface area contributed by atoms with Gasteiger partial charge in [-0.15, -0.1) is 10.2 Å². The predicted molar refractivity (Wildman–Crippen MR) is 116 cm³/mol. The van der Waals surface area contributed by atoms with Gasteiger partial charge in [0.2, 0.25) is 0 Å². The lowest BCUT2D eigenvalue weighted by Gasteiger charge is -2.26. The molecule has 1 fully saturated rings. The molecule has 29 heavy (non-hydrogen) atoms. The third kappa shape index (κ3) is 5.38. The summed E-state index contributed by atoms with van der Waals surface area (Å²) in [7, 11) is 0. The van der Waals surface area contributed by atoms with Gasteiger partial charge < -0.3 is 4.57 Å². The standard InChI is InChI=1S/C22H24ClFN4S/c23-20-13-19(24)10-9-18(20)16-29-22-26-25-21(15-27-11-5-2-6-12-27)28(22)14-17-7-3-1-4-8-17/h1,3-4,7-10,13H,2,5-6,11-12,14-16H2. The lowest BCUT2D eigenvalue weighted by molar-refractivity contribution is 0.213. The monoisotopic (exact) mass is 430 g/mol. The fraction of sp³-hybridized carbons (Fsp3) is 0.364. The molecule has 0 radical (unpaired) electrons. The second kappa shape index (κ2) is 9.74. The number of piperidine rings is 1. The largest absolute Gasteiger partial charge is 0.300 e. The van der Waals surface area contributed by atoms with Crippen molar-refractivity contribution in [2.24, 2.45) is 0 Å². The van der Waals surface area contributed by atoms with Crippen LogP contribution in [0, 0.1) is 5.82 Å². The highest BCUT2D eigenvalue weighted by Gasteiger charge is 2.18. The fourth-order valence-corrected chi connectivity index (χ4v) is 4.84. The van der Waals surface area contributed by atoms with Gasteiger partial charge in [-0.2, -0.15) is 0 Å². The highest BCUT2D eigenvalue weighted by molar-refractivity contribution is 7.98. The molecular weight excluding hydrogens is 407 g/mol. The fourth-order valence-electron chi connectivity index (χ4n) is 3.57. The van der Waals surface area contributed by atoms with Crippen LogP contribution in [0.1, 0.15) is 36.2 Å². The van der Waals surface area contributed by atoms with Gasteiger partial charge in [0.25, 0.3) is 0 Å². The number of benzene rings is 2. The quantitative estimate of drug-likeness (QED) is 0.470. The smallest absolute Gasteiger partial charge is 0.191 e. The molecule has 152 valence electrons. The lowest BCUT2D eigenvalue weighted by atomic mass is 10.1. The zero-order chi connectivity index (χ0) is 20.1. The second-order valence-corrected chi connectivity index (χ2v) is 8.68. The highest BCUT2D eigenvalue weighted by Crippen LogP contribution is 2.28. The molecule has 2 aromatic carbocycles. The summed E-state index contributed by atoms with van der Waals surface area (Å²) < 4.78 is 15.5. The van der Waals surface area contributed by atoms with Crippen molar-refractivity contribution < 1.29 is 4.39 Å². The van der Waals surface area contributed by atoms with Gasteiger partial charge in [0.05, 0.1) is 13.1 Å². The zero-order valence-electron chi connectivity index (χ0n) is 16.2. The average Bonchev–Trinajstić information content (AvgIpc) is 3.10. The van der Waals surface area contributed by atoms with Crippen molar-refractivity contribution in [1.82, 2.24) is 19.7 Å². The van der Waals surface area contributed by atoms with E-state index in [0.717, 1.165) is 42.7 Å². The Kier molecular flexibility index (Phi) is 6.85. The maximum atomic E-state index is 13.3. The molecule has 7 heteroatoms. The maximum absolute atomic E-state index is 13.3. The minimum absolute atomic E-state index is 0.320. The van der Waals surface area contributed by atoms with E-state index in [4.69, 9.17) is 11.6 Å². The Balaban J connectivity index is 1.54. The third-order valence-electron chi connectivity index (χ3n) is 5.16. The molecule has 1 aliphatic heterocycles. The van der Waals surface area contributed by atoms with E-state index in [1.165, 1.54) is 37.0 Å². The Morgan fingerprint density at radius 3 is 2.52 bits per heavy atom. The van der Waals surface area contributed by atoms with E-state index >= 15 is 0 Å². The molecule has 1 aromatic heterocycles. The number of thioether (sulfide) groups is 1. The summed E-state index contributed by atoms with van der Waals surface area (Å²) in [6.07, 6.45) is 3.81. The van der Waals surface area contributed by atoms with Crippen LogP contribution in [0.5, 0.6) is 0 Å². The number of aromatic nitrogens is 3. The van der Waals surface area contributed by atoms with Crippen molar-refractivity contribution in [3.63, 3.8) is 0 Å². The minimum atomic E-state index is -0.320. The van der Waals surface area contributed by atoms with E-state index in [0.29, 0.717) is 10.8 Å². The van der Waals surface area contributed by atoms with Gasteiger partial charge in [0, 0.05) is 10.8 Å².